The van der Waals surface area contributed by atoms with Crippen molar-refractivity contribution in [2.75, 3.05) is 20.4 Å². The molecule has 0 aromatic heterocycles. The van der Waals surface area contributed by atoms with Crippen LogP contribution in [0.2, 0.25) is 0 Å². The molecule has 0 aliphatic carbocycles. The fourth-order valence-corrected chi connectivity index (χ4v) is 12.0. The normalized spacial score (nSPS) is 12.5. The molecule has 0 aliphatic heterocycles. The van der Waals surface area contributed by atoms with E-state index in [0.29, 0.717) is 5.75 Å². The third-order valence-electron chi connectivity index (χ3n) is 5.93. The maximum absolute atomic E-state index is 12.8. The zero-order chi connectivity index (χ0) is 23.2. The SMILES string of the molecule is COc1ccc(CP(Br)(c2ccccc2)(c2ccccc2)c2cccc(OCCF)c2)cc1. The Balaban J connectivity index is 2.01. The Morgan fingerprint density at radius 1 is 0.697 bits per heavy atom. The van der Waals surface area contributed by atoms with Gasteiger partial charge in [-0.25, -0.2) is 0 Å². The molecule has 4 aromatic carbocycles. The van der Waals surface area contributed by atoms with Crippen LogP contribution in [0.25, 0.3) is 0 Å². The van der Waals surface area contributed by atoms with Gasteiger partial charge in [-0.3, -0.25) is 0 Å². The summed E-state index contributed by atoms with van der Waals surface area (Å²) >= 11 is 4.46. The van der Waals surface area contributed by atoms with Crippen LogP contribution in [-0.4, -0.2) is 20.4 Å². The zero-order valence-electron chi connectivity index (χ0n) is 18.5. The average molecular weight is 525 g/mol. The Labute approximate surface area is 203 Å². The first-order valence-corrected chi connectivity index (χ1v) is 15.3. The molecule has 0 amide bonds. The van der Waals surface area contributed by atoms with Crippen LogP contribution in [0.1, 0.15) is 5.56 Å². The Bertz CT molecular complexity index is 1140. The Morgan fingerprint density at radius 2 is 1.27 bits per heavy atom. The second kappa shape index (κ2) is 10.1. The molecule has 0 saturated carbocycles. The average Bonchev–Trinajstić information content (AvgIpc) is 2.89. The van der Waals surface area contributed by atoms with E-state index in [1.807, 2.05) is 36.4 Å². The van der Waals surface area contributed by atoms with Gasteiger partial charge in [0.2, 0.25) is 0 Å². The number of benzene rings is 4. The summed E-state index contributed by atoms with van der Waals surface area (Å²) in [5.41, 5.74) is 1.19. The van der Waals surface area contributed by atoms with Crippen molar-refractivity contribution in [3.05, 3.63) is 115 Å². The molecule has 33 heavy (non-hydrogen) atoms. The summed E-state index contributed by atoms with van der Waals surface area (Å²) in [6.07, 6.45) is 0.760. The number of halogens is 2. The van der Waals surface area contributed by atoms with E-state index in [9.17, 15) is 4.39 Å². The van der Waals surface area contributed by atoms with Gasteiger partial charge in [-0.15, -0.1) is 0 Å². The Hall–Kier alpha value is -2.68. The molecule has 0 aliphatic rings. The Morgan fingerprint density at radius 3 is 1.82 bits per heavy atom. The summed E-state index contributed by atoms with van der Waals surface area (Å²) in [4.78, 5) is 0. The topological polar surface area (TPSA) is 18.5 Å². The summed E-state index contributed by atoms with van der Waals surface area (Å²) in [6.45, 7) is -0.484. The van der Waals surface area contributed by atoms with E-state index in [-0.39, 0.29) is 6.61 Å². The predicted octanol–water partition coefficient (Wildman–Crippen LogP) is 6.38. The molecule has 0 heterocycles. The van der Waals surface area contributed by atoms with Crippen molar-refractivity contribution >= 4 is 36.7 Å². The van der Waals surface area contributed by atoms with Gasteiger partial charge in [-0.1, -0.05) is 0 Å². The Kier molecular flexibility index (Phi) is 7.17. The summed E-state index contributed by atoms with van der Waals surface area (Å²) in [5.74, 6) is 1.50. The quantitative estimate of drug-likeness (QED) is 0.236. The van der Waals surface area contributed by atoms with Crippen molar-refractivity contribution in [2.24, 2.45) is 0 Å². The van der Waals surface area contributed by atoms with Crippen molar-refractivity contribution in [2.45, 2.75) is 6.16 Å². The van der Waals surface area contributed by atoms with E-state index in [4.69, 9.17) is 9.47 Å². The van der Waals surface area contributed by atoms with Crippen LogP contribution >= 0.6 is 20.8 Å². The first-order valence-electron chi connectivity index (χ1n) is 10.8. The van der Waals surface area contributed by atoms with Gasteiger partial charge in [0.1, 0.15) is 0 Å². The molecule has 0 bridgehead atoms. The van der Waals surface area contributed by atoms with Gasteiger partial charge >= 0.3 is 203 Å². The van der Waals surface area contributed by atoms with Crippen molar-refractivity contribution < 1.29 is 13.9 Å². The first kappa shape index (κ1) is 23.5. The van der Waals surface area contributed by atoms with Crippen molar-refractivity contribution in [3.63, 3.8) is 0 Å². The minimum atomic E-state index is -3.19. The van der Waals surface area contributed by atoms with Gasteiger partial charge in [-0.2, -0.15) is 0 Å². The molecule has 170 valence electrons. The van der Waals surface area contributed by atoms with Crippen LogP contribution in [0.5, 0.6) is 11.5 Å². The number of hydrogen-bond acceptors (Lipinski definition) is 2. The molecule has 0 radical (unpaired) electrons. The molecule has 0 unspecified atom stereocenters. The molecule has 4 rings (SSSR count). The molecule has 2 nitrogen and oxygen atoms in total. The summed E-state index contributed by atoms with van der Waals surface area (Å²) < 4.78 is 23.9. The number of hydrogen-bond donors (Lipinski definition) is 0. The standard InChI is InChI=1S/C28H27BrFO2P/c1-31-24-17-15-23(16-18-24)22-33(29,26-10-4-2-5-11-26,27-12-6-3-7-13-27)28-14-8-9-25(21-28)32-20-19-30/h2-18,21H,19-20,22H2,1H3. The van der Waals surface area contributed by atoms with E-state index < -0.39 is 12.0 Å². The number of ether oxygens (including phenoxy) is 2. The fraction of sp³-hybridized carbons (Fsp3) is 0.143. The molecule has 0 fully saturated rings. The van der Waals surface area contributed by atoms with Gasteiger partial charge in [0.25, 0.3) is 0 Å². The predicted molar refractivity (Wildman–Crippen MR) is 142 cm³/mol. The molecule has 0 saturated heterocycles. The van der Waals surface area contributed by atoms with Gasteiger partial charge in [0, 0.05) is 0 Å². The van der Waals surface area contributed by atoms with E-state index in [1.165, 1.54) is 16.2 Å². The molecular weight excluding hydrogens is 498 g/mol. The van der Waals surface area contributed by atoms with Crippen LogP contribution in [0.3, 0.4) is 0 Å². The van der Waals surface area contributed by atoms with Crippen LogP contribution < -0.4 is 25.4 Å². The zero-order valence-corrected chi connectivity index (χ0v) is 21.0. The summed E-state index contributed by atoms with van der Waals surface area (Å²) in [5, 5.41) is 0.376. The third-order valence-corrected chi connectivity index (χ3v) is 15.4. The minimum absolute atomic E-state index is 0.0385. The second-order valence-electron chi connectivity index (χ2n) is 7.89. The maximum atomic E-state index is 12.8. The van der Waals surface area contributed by atoms with Crippen LogP contribution in [-0.2, 0) is 6.16 Å². The van der Waals surface area contributed by atoms with Gasteiger partial charge in [-0.05, 0) is 0 Å². The van der Waals surface area contributed by atoms with Crippen molar-refractivity contribution in [1.29, 1.82) is 0 Å². The van der Waals surface area contributed by atoms with Crippen molar-refractivity contribution in [3.8, 4) is 11.5 Å². The molecule has 0 spiro atoms. The molecule has 0 N–H and O–H groups in total. The number of rotatable bonds is 9. The van der Waals surface area contributed by atoms with Gasteiger partial charge in [0.05, 0.1) is 0 Å². The van der Waals surface area contributed by atoms with Crippen molar-refractivity contribution in [1.82, 2.24) is 0 Å². The number of alkyl halides is 1. The molecular formula is C28H27BrFO2P. The van der Waals surface area contributed by atoms with E-state index in [0.717, 1.165) is 17.2 Å². The van der Waals surface area contributed by atoms with Gasteiger partial charge < -0.3 is 0 Å². The fourth-order valence-electron chi connectivity index (χ4n) is 4.29. The van der Waals surface area contributed by atoms with Crippen LogP contribution in [0.4, 0.5) is 4.39 Å². The first-order chi connectivity index (χ1) is 16.1. The van der Waals surface area contributed by atoms with E-state index in [1.54, 1.807) is 7.11 Å². The summed E-state index contributed by atoms with van der Waals surface area (Å²) in [6, 6.07) is 37.5. The summed E-state index contributed by atoms with van der Waals surface area (Å²) in [7, 11) is 1.68. The third kappa shape index (κ3) is 4.55. The monoisotopic (exact) mass is 524 g/mol. The van der Waals surface area contributed by atoms with E-state index in [2.05, 4.69) is 88.3 Å². The van der Waals surface area contributed by atoms with Crippen LogP contribution in [0, 0.1) is 0 Å². The van der Waals surface area contributed by atoms with E-state index >= 15 is 0 Å². The van der Waals surface area contributed by atoms with Crippen LogP contribution in [0.15, 0.2) is 109 Å². The number of methoxy groups -OCH3 is 1. The second-order valence-corrected chi connectivity index (χ2v) is 16.8. The molecule has 5 heteroatoms. The van der Waals surface area contributed by atoms with Gasteiger partial charge in [0.15, 0.2) is 0 Å². The molecule has 0 atom stereocenters. The molecule has 4 aromatic rings.